The molecule has 0 saturated heterocycles. The van der Waals surface area contributed by atoms with Crippen LogP contribution in [0, 0.1) is 0 Å². The van der Waals surface area contributed by atoms with Crippen molar-refractivity contribution in [3.05, 3.63) is 80.0 Å². The van der Waals surface area contributed by atoms with Gasteiger partial charge in [0.25, 0.3) is 5.56 Å². The number of rotatable bonds is 7. The summed E-state index contributed by atoms with van der Waals surface area (Å²) in [6, 6.07) is 14.4. The number of hydrogen-bond acceptors (Lipinski definition) is 4. The maximum absolute atomic E-state index is 13.2. The van der Waals surface area contributed by atoms with Crippen LogP contribution in [0.15, 0.2) is 58.1 Å². The van der Waals surface area contributed by atoms with Gasteiger partial charge in [-0.1, -0.05) is 41.9 Å². The van der Waals surface area contributed by atoms with Crippen LogP contribution in [0.1, 0.15) is 25.8 Å². The highest BCUT2D eigenvalue weighted by atomic mass is 35.5. The van der Waals surface area contributed by atoms with Gasteiger partial charge in [0.2, 0.25) is 5.78 Å². The topological polar surface area (TPSA) is 70.5 Å². The molecule has 0 N–H and O–H groups in total. The molecule has 0 saturated carbocycles. The fourth-order valence-corrected chi connectivity index (χ4v) is 3.70. The molecule has 0 bridgehead atoms. The molecule has 0 unspecified atom stereocenters. The van der Waals surface area contributed by atoms with Gasteiger partial charge >= 0.3 is 5.69 Å². The number of fused-ring (bicyclic) bond motifs is 3. The minimum absolute atomic E-state index is 0.121. The van der Waals surface area contributed by atoms with E-state index in [1.165, 1.54) is 9.08 Å². The third-order valence-corrected chi connectivity index (χ3v) is 5.31. The van der Waals surface area contributed by atoms with Crippen molar-refractivity contribution in [3.63, 3.8) is 0 Å². The molecule has 0 fully saturated rings. The summed E-state index contributed by atoms with van der Waals surface area (Å²) in [4.78, 5) is 26.4. The number of hydrogen-bond donors (Lipinski definition) is 0. The second-order valence-electron chi connectivity index (χ2n) is 7.41. The van der Waals surface area contributed by atoms with Gasteiger partial charge in [0.1, 0.15) is 0 Å². The third-order valence-electron chi connectivity index (χ3n) is 4.94. The standard InChI is InChI=1S/C22H23ClN4O3/c1-15(2)30-13-7-12-25-20(28)17-9-4-6-11-19(17)27-21(25)24-26(22(27)29)14-16-8-3-5-10-18(16)23/h3-6,8-11,15H,7,12-14H2,1-2H3. The molecule has 2 aromatic carbocycles. The van der Waals surface area contributed by atoms with Crippen molar-refractivity contribution in [2.24, 2.45) is 0 Å². The van der Waals surface area contributed by atoms with E-state index in [1.807, 2.05) is 32.0 Å². The number of aryl methyl sites for hydroxylation is 1. The minimum atomic E-state index is -0.312. The molecule has 0 aliphatic rings. The average molecular weight is 427 g/mol. The first kappa shape index (κ1) is 20.4. The zero-order valence-corrected chi connectivity index (χ0v) is 17.7. The maximum atomic E-state index is 13.2. The highest BCUT2D eigenvalue weighted by Crippen LogP contribution is 2.16. The van der Waals surface area contributed by atoms with Crippen LogP contribution in [0.5, 0.6) is 0 Å². The van der Waals surface area contributed by atoms with Crippen LogP contribution >= 0.6 is 11.6 Å². The molecule has 30 heavy (non-hydrogen) atoms. The summed E-state index contributed by atoms with van der Waals surface area (Å²) in [5.41, 5.74) is 0.849. The van der Waals surface area contributed by atoms with Crippen molar-refractivity contribution in [3.8, 4) is 0 Å². The zero-order valence-electron chi connectivity index (χ0n) is 16.9. The SMILES string of the molecule is CC(C)OCCCn1c(=O)c2ccccc2n2c(=O)n(Cc3ccccc3Cl)nc12. The van der Waals surface area contributed by atoms with Gasteiger partial charge in [-0.15, -0.1) is 5.10 Å². The summed E-state index contributed by atoms with van der Waals surface area (Å²) < 4.78 is 10.00. The van der Waals surface area contributed by atoms with E-state index in [4.69, 9.17) is 16.3 Å². The fourth-order valence-electron chi connectivity index (χ4n) is 3.50. The quantitative estimate of drug-likeness (QED) is 0.425. The number of nitrogens with zero attached hydrogens (tertiary/aromatic N) is 4. The Labute approximate surface area is 178 Å². The van der Waals surface area contributed by atoms with Gasteiger partial charge < -0.3 is 4.74 Å². The normalized spacial score (nSPS) is 11.7. The van der Waals surface area contributed by atoms with Gasteiger partial charge in [0.15, 0.2) is 0 Å². The predicted octanol–water partition coefficient (Wildman–Crippen LogP) is 3.33. The lowest BCUT2D eigenvalue weighted by molar-refractivity contribution is 0.0748. The lowest BCUT2D eigenvalue weighted by atomic mass is 10.2. The summed E-state index contributed by atoms with van der Waals surface area (Å²) in [6.07, 6.45) is 0.758. The number of benzene rings is 2. The highest BCUT2D eigenvalue weighted by molar-refractivity contribution is 6.31. The van der Waals surface area contributed by atoms with Gasteiger partial charge in [-0.2, -0.15) is 0 Å². The maximum Gasteiger partial charge on any atom is 0.352 e. The van der Waals surface area contributed by atoms with Crippen LogP contribution in [-0.4, -0.2) is 31.5 Å². The van der Waals surface area contributed by atoms with E-state index in [-0.39, 0.29) is 23.9 Å². The van der Waals surface area contributed by atoms with E-state index in [0.29, 0.717) is 41.3 Å². The zero-order chi connectivity index (χ0) is 21.3. The first-order valence-corrected chi connectivity index (χ1v) is 10.3. The smallest absolute Gasteiger partial charge is 0.352 e. The molecule has 4 rings (SSSR count). The van der Waals surface area contributed by atoms with Gasteiger partial charge in [0, 0.05) is 18.2 Å². The molecule has 0 aliphatic heterocycles. The van der Waals surface area contributed by atoms with Gasteiger partial charge in [-0.05, 0) is 44.0 Å². The molecule has 7 nitrogen and oxygen atoms in total. The summed E-state index contributed by atoms with van der Waals surface area (Å²) in [7, 11) is 0. The predicted molar refractivity (Wildman–Crippen MR) is 117 cm³/mol. The van der Waals surface area contributed by atoms with E-state index in [9.17, 15) is 9.59 Å². The molecule has 156 valence electrons. The summed E-state index contributed by atoms with van der Waals surface area (Å²) >= 11 is 6.27. The molecule has 0 atom stereocenters. The van der Waals surface area contributed by atoms with Crippen LogP contribution in [0.2, 0.25) is 5.02 Å². The fraction of sp³-hybridized carbons (Fsp3) is 0.318. The summed E-state index contributed by atoms with van der Waals surface area (Å²) in [5, 5.41) is 5.55. The second kappa shape index (κ2) is 8.45. The lowest BCUT2D eigenvalue weighted by Gasteiger charge is -2.11. The van der Waals surface area contributed by atoms with E-state index in [1.54, 1.807) is 34.9 Å². The monoisotopic (exact) mass is 426 g/mol. The average Bonchev–Trinajstić information content (AvgIpc) is 3.05. The number of para-hydroxylation sites is 1. The molecule has 8 heteroatoms. The third kappa shape index (κ3) is 3.78. The Balaban J connectivity index is 1.85. The Hall–Kier alpha value is -2.90. The van der Waals surface area contributed by atoms with Crippen molar-refractivity contribution in [1.82, 2.24) is 18.7 Å². The number of halogens is 1. The molecular weight excluding hydrogens is 404 g/mol. The van der Waals surface area contributed by atoms with E-state index in [2.05, 4.69) is 5.10 Å². The second-order valence-corrected chi connectivity index (χ2v) is 7.82. The molecule has 0 radical (unpaired) electrons. The van der Waals surface area contributed by atoms with Gasteiger partial charge in [0.05, 0.1) is 23.6 Å². The largest absolute Gasteiger partial charge is 0.379 e. The van der Waals surface area contributed by atoms with E-state index >= 15 is 0 Å². The minimum Gasteiger partial charge on any atom is -0.379 e. The lowest BCUT2D eigenvalue weighted by Crippen LogP contribution is -2.27. The van der Waals surface area contributed by atoms with Crippen molar-refractivity contribution in [2.75, 3.05) is 6.61 Å². The Morgan fingerprint density at radius 1 is 1.07 bits per heavy atom. The van der Waals surface area contributed by atoms with E-state index < -0.39 is 0 Å². The van der Waals surface area contributed by atoms with Crippen molar-refractivity contribution >= 4 is 28.3 Å². The first-order chi connectivity index (χ1) is 14.5. The Bertz CT molecular complexity index is 1320. The van der Waals surface area contributed by atoms with E-state index in [0.717, 1.165) is 5.56 Å². The summed E-state index contributed by atoms with van der Waals surface area (Å²) in [6.45, 7) is 5.09. The van der Waals surface area contributed by atoms with Crippen molar-refractivity contribution in [1.29, 1.82) is 0 Å². The molecule has 0 amide bonds. The number of ether oxygens (including phenoxy) is 1. The first-order valence-electron chi connectivity index (χ1n) is 9.93. The van der Waals surface area contributed by atoms with Crippen LogP contribution < -0.4 is 11.2 Å². The van der Waals surface area contributed by atoms with Crippen molar-refractivity contribution < 1.29 is 4.74 Å². The van der Waals surface area contributed by atoms with Gasteiger partial charge in [-0.3, -0.25) is 9.36 Å². The molecule has 0 spiro atoms. The highest BCUT2D eigenvalue weighted by Gasteiger charge is 2.17. The van der Waals surface area contributed by atoms with Crippen LogP contribution in [0.25, 0.3) is 16.7 Å². The Morgan fingerprint density at radius 2 is 1.80 bits per heavy atom. The molecular formula is C22H23ClN4O3. The number of aromatic nitrogens is 4. The van der Waals surface area contributed by atoms with Crippen LogP contribution in [0.4, 0.5) is 0 Å². The van der Waals surface area contributed by atoms with Crippen LogP contribution in [0.3, 0.4) is 0 Å². The Morgan fingerprint density at radius 3 is 2.57 bits per heavy atom. The Kier molecular flexibility index (Phi) is 5.74. The molecule has 2 aromatic heterocycles. The van der Waals surface area contributed by atoms with Gasteiger partial charge in [-0.25, -0.2) is 13.9 Å². The molecule has 0 aliphatic carbocycles. The van der Waals surface area contributed by atoms with Crippen LogP contribution in [-0.2, 0) is 17.8 Å². The molecule has 2 heterocycles. The van der Waals surface area contributed by atoms with Crippen molar-refractivity contribution in [2.45, 2.75) is 39.5 Å². The molecule has 4 aromatic rings. The summed E-state index contributed by atoms with van der Waals surface area (Å²) in [5.74, 6) is 0.320.